The molecule has 4 rings (SSSR count). The molecule has 0 aromatic heterocycles. The van der Waals surface area contributed by atoms with Crippen LogP contribution in [0.1, 0.15) is 16.7 Å². The van der Waals surface area contributed by atoms with E-state index in [9.17, 15) is 9.18 Å². The van der Waals surface area contributed by atoms with E-state index in [0.29, 0.717) is 23.5 Å². The predicted octanol–water partition coefficient (Wildman–Crippen LogP) is 5.07. The van der Waals surface area contributed by atoms with Crippen LogP contribution < -0.4 is 20.1 Å². The number of carbonyl (C=O) groups excluding carboxylic acids is 1. The molecule has 0 saturated heterocycles. The number of fused-ring (bicyclic) bond motifs is 1. The molecule has 0 radical (unpaired) electrons. The first-order valence-electron chi connectivity index (χ1n) is 10.3. The average Bonchev–Trinajstić information content (AvgIpc) is 2.81. The number of rotatable bonds is 6. The molecule has 6 nitrogen and oxygen atoms in total. The second kappa shape index (κ2) is 9.51. The first-order valence-corrected chi connectivity index (χ1v) is 10.3. The number of carbonyl (C=O) groups is 1. The zero-order valence-electron chi connectivity index (χ0n) is 17.9. The number of hydrogen-bond donors (Lipinski definition) is 2. The van der Waals surface area contributed by atoms with Crippen molar-refractivity contribution in [2.24, 2.45) is 4.99 Å². The second-order valence-corrected chi connectivity index (χ2v) is 7.40. The lowest BCUT2D eigenvalue weighted by Gasteiger charge is -2.20. The number of aliphatic imine (C=N–C) groups is 1. The van der Waals surface area contributed by atoms with Gasteiger partial charge in [-0.15, -0.1) is 0 Å². The van der Waals surface area contributed by atoms with Gasteiger partial charge in [-0.3, -0.25) is 4.99 Å². The molecule has 164 valence electrons. The first-order chi connectivity index (χ1) is 15.6. The Labute approximate surface area is 186 Å². The monoisotopic (exact) mass is 433 g/mol. The zero-order valence-corrected chi connectivity index (χ0v) is 17.9. The molecule has 2 amide bonds. The maximum Gasteiger partial charge on any atom is 0.323 e. The number of amides is 2. The van der Waals surface area contributed by atoms with Gasteiger partial charge in [0.2, 0.25) is 0 Å². The van der Waals surface area contributed by atoms with Crippen molar-refractivity contribution in [1.82, 2.24) is 0 Å². The molecule has 0 fully saturated rings. The Hall–Kier alpha value is -3.87. The highest BCUT2D eigenvalue weighted by atomic mass is 19.1. The van der Waals surface area contributed by atoms with E-state index in [1.165, 1.54) is 29.8 Å². The molecular weight excluding hydrogens is 409 g/mol. The number of hydrogen-bond acceptors (Lipinski definition) is 4. The van der Waals surface area contributed by atoms with Gasteiger partial charge >= 0.3 is 6.03 Å². The molecule has 32 heavy (non-hydrogen) atoms. The molecule has 1 aliphatic heterocycles. The third kappa shape index (κ3) is 4.88. The molecule has 2 N–H and O–H groups in total. The van der Waals surface area contributed by atoms with E-state index in [2.05, 4.69) is 10.6 Å². The Balaban J connectivity index is 1.42. The van der Waals surface area contributed by atoms with Crippen molar-refractivity contribution in [1.29, 1.82) is 0 Å². The van der Waals surface area contributed by atoms with Crippen LogP contribution in [-0.4, -0.2) is 32.5 Å². The molecule has 0 bridgehead atoms. The van der Waals surface area contributed by atoms with Crippen LogP contribution in [0.15, 0.2) is 65.7 Å². The largest absolute Gasteiger partial charge is 0.493 e. The number of urea groups is 1. The van der Waals surface area contributed by atoms with Crippen molar-refractivity contribution in [2.75, 3.05) is 31.4 Å². The van der Waals surface area contributed by atoms with Gasteiger partial charge in [-0.25, -0.2) is 9.18 Å². The quantitative estimate of drug-likeness (QED) is 0.570. The van der Waals surface area contributed by atoms with E-state index >= 15 is 0 Å². The lowest BCUT2D eigenvalue weighted by Crippen LogP contribution is -2.19. The Bertz CT molecular complexity index is 1140. The lowest BCUT2D eigenvalue weighted by atomic mass is 9.93. The van der Waals surface area contributed by atoms with Crippen molar-refractivity contribution in [3.8, 4) is 11.5 Å². The standard InChI is InChI=1S/C25H24FN3O3/c1-31-23-14-17-11-12-27-22(21(17)15-24(23)32-2)13-16-3-7-19(8-4-16)28-25(30)29-20-9-5-18(26)6-10-20/h3-10,14-15H,11-13H2,1-2H3,(H2,28,29,30). The highest BCUT2D eigenvalue weighted by molar-refractivity contribution is 6.04. The lowest BCUT2D eigenvalue weighted by molar-refractivity contribution is 0.262. The third-order valence-corrected chi connectivity index (χ3v) is 5.29. The van der Waals surface area contributed by atoms with Crippen molar-refractivity contribution in [3.05, 3.63) is 83.2 Å². The highest BCUT2D eigenvalue weighted by Gasteiger charge is 2.18. The van der Waals surface area contributed by atoms with E-state index in [1.807, 2.05) is 36.4 Å². The summed E-state index contributed by atoms with van der Waals surface area (Å²) in [5.41, 5.74) is 5.53. The van der Waals surface area contributed by atoms with Crippen molar-refractivity contribution in [3.63, 3.8) is 0 Å². The van der Waals surface area contributed by atoms with Crippen LogP contribution in [-0.2, 0) is 12.8 Å². The number of halogens is 1. The summed E-state index contributed by atoms with van der Waals surface area (Å²) < 4.78 is 23.9. The van der Waals surface area contributed by atoms with E-state index < -0.39 is 6.03 Å². The van der Waals surface area contributed by atoms with Crippen LogP contribution in [0.3, 0.4) is 0 Å². The van der Waals surface area contributed by atoms with Gasteiger partial charge in [0.1, 0.15) is 5.82 Å². The van der Waals surface area contributed by atoms with Gasteiger partial charge in [0, 0.05) is 35.6 Å². The number of anilines is 2. The summed E-state index contributed by atoms with van der Waals surface area (Å²) in [4.78, 5) is 16.9. The Kier molecular flexibility index (Phi) is 6.35. The number of methoxy groups -OCH3 is 2. The van der Waals surface area contributed by atoms with Gasteiger partial charge < -0.3 is 20.1 Å². The second-order valence-electron chi connectivity index (χ2n) is 7.40. The fraction of sp³-hybridized carbons (Fsp3) is 0.200. The molecule has 3 aromatic carbocycles. The van der Waals surface area contributed by atoms with E-state index in [-0.39, 0.29) is 5.82 Å². The molecule has 7 heteroatoms. The molecule has 0 unspecified atom stereocenters. The SMILES string of the molecule is COc1cc2c(cc1OC)C(Cc1ccc(NC(=O)Nc3ccc(F)cc3)cc1)=NCC2. The van der Waals surface area contributed by atoms with E-state index in [1.54, 1.807) is 14.2 Å². The van der Waals surface area contributed by atoms with Gasteiger partial charge in [-0.2, -0.15) is 0 Å². The number of ether oxygens (including phenoxy) is 2. The topological polar surface area (TPSA) is 72.0 Å². The van der Waals surface area contributed by atoms with Crippen LogP contribution >= 0.6 is 0 Å². The number of nitrogens with one attached hydrogen (secondary N) is 2. The van der Waals surface area contributed by atoms with Crippen LogP contribution in [0.4, 0.5) is 20.6 Å². The summed E-state index contributed by atoms with van der Waals surface area (Å²) in [5, 5.41) is 5.45. The first kappa shape index (κ1) is 21.4. The molecular formula is C25H24FN3O3. The summed E-state index contributed by atoms with van der Waals surface area (Å²) in [5.74, 6) is 1.06. The average molecular weight is 433 g/mol. The maximum absolute atomic E-state index is 13.0. The summed E-state index contributed by atoms with van der Waals surface area (Å²) >= 11 is 0. The molecule has 0 spiro atoms. The third-order valence-electron chi connectivity index (χ3n) is 5.29. The van der Waals surface area contributed by atoms with E-state index in [0.717, 1.165) is 35.6 Å². The van der Waals surface area contributed by atoms with Gasteiger partial charge in [-0.05, 0) is 66.1 Å². The van der Waals surface area contributed by atoms with Gasteiger partial charge in [0.15, 0.2) is 11.5 Å². The fourth-order valence-electron chi connectivity index (χ4n) is 3.67. The van der Waals surface area contributed by atoms with Crippen molar-refractivity contribution in [2.45, 2.75) is 12.8 Å². The molecule has 0 atom stereocenters. The van der Waals surface area contributed by atoms with Gasteiger partial charge in [-0.1, -0.05) is 12.1 Å². The van der Waals surface area contributed by atoms with Gasteiger partial charge in [0.05, 0.1) is 14.2 Å². The fourth-order valence-corrected chi connectivity index (χ4v) is 3.67. The predicted molar refractivity (Wildman–Crippen MR) is 124 cm³/mol. The summed E-state index contributed by atoms with van der Waals surface area (Å²) in [6.07, 6.45) is 1.54. The maximum atomic E-state index is 13.0. The minimum atomic E-state index is -0.393. The van der Waals surface area contributed by atoms with Crippen molar-refractivity contribution < 1.29 is 18.7 Å². The molecule has 3 aromatic rings. The Morgan fingerprint density at radius 3 is 2.16 bits per heavy atom. The number of nitrogens with zero attached hydrogens (tertiary/aromatic N) is 1. The summed E-state index contributed by atoms with van der Waals surface area (Å²) in [6.45, 7) is 0.737. The minimum absolute atomic E-state index is 0.352. The van der Waals surface area contributed by atoms with E-state index in [4.69, 9.17) is 14.5 Å². The van der Waals surface area contributed by atoms with Gasteiger partial charge in [0.25, 0.3) is 0 Å². The van der Waals surface area contributed by atoms with Crippen LogP contribution in [0.25, 0.3) is 0 Å². The van der Waals surface area contributed by atoms with Crippen LogP contribution in [0.5, 0.6) is 11.5 Å². The van der Waals surface area contributed by atoms with Crippen LogP contribution in [0.2, 0.25) is 0 Å². The smallest absolute Gasteiger partial charge is 0.323 e. The molecule has 0 saturated carbocycles. The zero-order chi connectivity index (χ0) is 22.5. The highest BCUT2D eigenvalue weighted by Crippen LogP contribution is 2.33. The van der Waals surface area contributed by atoms with Crippen molar-refractivity contribution >= 4 is 23.1 Å². The normalized spacial score (nSPS) is 12.4. The summed E-state index contributed by atoms with van der Waals surface area (Å²) in [6, 6.07) is 16.8. The number of benzene rings is 3. The molecule has 1 heterocycles. The molecule has 1 aliphatic rings. The molecule has 0 aliphatic carbocycles. The summed E-state index contributed by atoms with van der Waals surface area (Å²) in [7, 11) is 3.26. The Morgan fingerprint density at radius 1 is 0.938 bits per heavy atom. The van der Waals surface area contributed by atoms with Crippen LogP contribution in [0, 0.1) is 5.82 Å². The minimum Gasteiger partial charge on any atom is -0.493 e. The Morgan fingerprint density at radius 2 is 1.53 bits per heavy atom.